The minimum atomic E-state index is -0.683. The second-order valence-electron chi connectivity index (χ2n) is 4.36. The highest BCUT2D eigenvalue weighted by Gasteiger charge is 1.98. The summed E-state index contributed by atoms with van der Waals surface area (Å²) in [6.45, 7) is 0. The number of aliphatic carboxylic acids is 1. The molecule has 0 bridgehead atoms. The van der Waals surface area contributed by atoms with E-state index in [1.54, 1.807) is 6.26 Å². The van der Waals surface area contributed by atoms with E-state index in [0.29, 0.717) is 6.42 Å². The second-order valence-corrected chi connectivity index (χ2v) is 4.36. The summed E-state index contributed by atoms with van der Waals surface area (Å²) in [5.41, 5.74) is 1.03. The lowest BCUT2D eigenvalue weighted by atomic mass is 10.1. The Kier molecular flexibility index (Phi) is 7.11. The van der Waals surface area contributed by atoms with Gasteiger partial charge in [-0.2, -0.15) is 0 Å². The smallest absolute Gasteiger partial charge is 0.303 e. The fourth-order valence-electron chi connectivity index (χ4n) is 1.83. The molecule has 1 heterocycles. The minimum Gasteiger partial charge on any atom is -0.481 e. The summed E-state index contributed by atoms with van der Waals surface area (Å²) in [7, 11) is 0. The molecule has 0 saturated heterocycles. The maximum atomic E-state index is 10.3. The molecule has 4 heteroatoms. The second kappa shape index (κ2) is 8.79. The molecule has 0 aliphatic rings. The number of aromatic nitrogens is 1. The maximum absolute atomic E-state index is 10.3. The number of aryl methyl sites for hydroxylation is 1. The van der Waals surface area contributed by atoms with E-state index in [4.69, 9.17) is 9.63 Å². The lowest BCUT2D eigenvalue weighted by Crippen LogP contribution is -1.93. The molecule has 0 aromatic carbocycles. The summed E-state index contributed by atoms with van der Waals surface area (Å²) in [5.74, 6) is -0.683. The average Bonchev–Trinajstić information content (AvgIpc) is 2.79. The molecule has 0 saturated carbocycles. The van der Waals surface area contributed by atoms with Crippen molar-refractivity contribution in [1.82, 2.24) is 5.16 Å². The lowest BCUT2D eigenvalue weighted by Gasteiger charge is -2.00. The van der Waals surface area contributed by atoms with Crippen molar-refractivity contribution in [3.8, 4) is 0 Å². The van der Waals surface area contributed by atoms with Gasteiger partial charge in [0.15, 0.2) is 0 Å². The van der Waals surface area contributed by atoms with Crippen LogP contribution in [0.1, 0.15) is 57.1 Å². The highest BCUT2D eigenvalue weighted by Crippen LogP contribution is 2.10. The van der Waals surface area contributed by atoms with E-state index in [-0.39, 0.29) is 0 Å². The number of carboxylic acids is 1. The van der Waals surface area contributed by atoms with E-state index in [2.05, 4.69) is 5.16 Å². The Morgan fingerprint density at radius 2 is 1.76 bits per heavy atom. The molecule has 0 fully saturated rings. The molecule has 1 aromatic rings. The predicted molar refractivity (Wildman–Crippen MR) is 64.8 cm³/mol. The molecule has 17 heavy (non-hydrogen) atoms. The van der Waals surface area contributed by atoms with Gasteiger partial charge >= 0.3 is 5.97 Å². The van der Waals surface area contributed by atoms with Crippen LogP contribution < -0.4 is 0 Å². The van der Waals surface area contributed by atoms with Crippen molar-refractivity contribution < 1.29 is 14.4 Å². The number of rotatable bonds is 10. The first-order chi connectivity index (χ1) is 8.29. The zero-order valence-corrected chi connectivity index (χ0v) is 10.2. The topological polar surface area (TPSA) is 63.3 Å². The van der Waals surface area contributed by atoms with Crippen LogP contribution in [0.5, 0.6) is 0 Å². The van der Waals surface area contributed by atoms with Crippen LogP contribution in [-0.2, 0) is 11.2 Å². The standard InChI is InChI=1S/C13H21NO3/c15-13(16)9-7-5-3-1-2-4-6-8-12-10-11-17-14-12/h10-11H,1-9H2,(H,15,16). The predicted octanol–water partition coefficient (Wildman–Crippen LogP) is 3.42. The maximum Gasteiger partial charge on any atom is 0.303 e. The molecule has 0 atom stereocenters. The summed E-state index contributed by atoms with van der Waals surface area (Å²) < 4.78 is 4.76. The zero-order chi connectivity index (χ0) is 12.3. The molecule has 1 N–H and O–H groups in total. The fraction of sp³-hybridized carbons (Fsp3) is 0.692. The van der Waals surface area contributed by atoms with Crippen LogP contribution in [-0.4, -0.2) is 16.2 Å². The van der Waals surface area contributed by atoms with Gasteiger partial charge in [-0.3, -0.25) is 4.79 Å². The number of carbonyl (C=O) groups is 1. The molecule has 4 nitrogen and oxygen atoms in total. The average molecular weight is 239 g/mol. The molecule has 0 aliphatic heterocycles. The van der Waals surface area contributed by atoms with Gasteiger partial charge in [0.25, 0.3) is 0 Å². The van der Waals surface area contributed by atoms with Crippen LogP contribution in [0, 0.1) is 0 Å². The van der Waals surface area contributed by atoms with Crippen LogP contribution in [0.15, 0.2) is 16.9 Å². The SMILES string of the molecule is O=C(O)CCCCCCCCCc1ccon1. The van der Waals surface area contributed by atoms with Crippen molar-refractivity contribution in [1.29, 1.82) is 0 Å². The molecular weight excluding hydrogens is 218 g/mol. The van der Waals surface area contributed by atoms with Gasteiger partial charge in [-0.05, 0) is 19.3 Å². The molecule has 0 aliphatic carbocycles. The summed E-state index contributed by atoms with van der Waals surface area (Å²) in [6, 6.07) is 1.91. The Bertz CT molecular complexity index is 296. The zero-order valence-electron chi connectivity index (χ0n) is 10.2. The summed E-state index contributed by atoms with van der Waals surface area (Å²) >= 11 is 0. The summed E-state index contributed by atoms with van der Waals surface area (Å²) in [4.78, 5) is 10.3. The molecule has 0 unspecified atom stereocenters. The van der Waals surface area contributed by atoms with E-state index in [1.807, 2.05) is 6.07 Å². The van der Waals surface area contributed by atoms with Gasteiger partial charge in [-0.15, -0.1) is 0 Å². The largest absolute Gasteiger partial charge is 0.481 e. The molecule has 1 rings (SSSR count). The Labute approximate surface area is 102 Å². The highest BCUT2D eigenvalue weighted by molar-refractivity contribution is 5.66. The third-order valence-corrected chi connectivity index (χ3v) is 2.81. The van der Waals surface area contributed by atoms with E-state index < -0.39 is 5.97 Å². The van der Waals surface area contributed by atoms with Crippen LogP contribution in [0.2, 0.25) is 0 Å². The van der Waals surface area contributed by atoms with Crippen LogP contribution >= 0.6 is 0 Å². The van der Waals surface area contributed by atoms with Crippen molar-refractivity contribution in [3.05, 3.63) is 18.0 Å². The molecule has 96 valence electrons. The quantitative estimate of drug-likeness (QED) is 0.635. The lowest BCUT2D eigenvalue weighted by molar-refractivity contribution is -0.137. The van der Waals surface area contributed by atoms with Gasteiger partial charge in [0.05, 0.1) is 5.69 Å². The van der Waals surface area contributed by atoms with E-state index >= 15 is 0 Å². The van der Waals surface area contributed by atoms with Gasteiger partial charge in [0, 0.05) is 12.5 Å². The number of hydrogen-bond donors (Lipinski definition) is 1. The van der Waals surface area contributed by atoms with Gasteiger partial charge in [0.2, 0.25) is 0 Å². The van der Waals surface area contributed by atoms with Gasteiger partial charge in [-0.25, -0.2) is 0 Å². The monoisotopic (exact) mass is 239 g/mol. The normalized spacial score (nSPS) is 10.6. The Balaban J connectivity index is 1.80. The summed E-state index contributed by atoms with van der Waals surface area (Å²) in [6.07, 6.45) is 10.7. The number of hydrogen-bond acceptors (Lipinski definition) is 3. The third-order valence-electron chi connectivity index (χ3n) is 2.81. The summed E-state index contributed by atoms with van der Waals surface area (Å²) in [5, 5.41) is 12.3. The van der Waals surface area contributed by atoms with Gasteiger partial charge in [-0.1, -0.05) is 37.3 Å². The Morgan fingerprint density at radius 3 is 2.35 bits per heavy atom. The van der Waals surface area contributed by atoms with Crippen LogP contribution in [0.3, 0.4) is 0 Å². The fourth-order valence-corrected chi connectivity index (χ4v) is 1.83. The third kappa shape index (κ3) is 7.55. The van der Waals surface area contributed by atoms with Gasteiger partial charge in [0.1, 0.15) is 6.26 Å². The molecule has 0 radical (unpaired) electrons. The van der Waals surface area contributed by atoms with E-state index in [9.17, 15) is 4.79 Å². The van der Waals surface area contributed by atoms with Gasteiger partial charge < -0.3 is 9.63 Å². The van der Waals surface area contributed by atoms with E-state index in [0.717, 1.165) is 37.8 Å². The van der Waals surface area contributed by atoms with Crippen molar-refractivity contribution >= 4 is 5.97 Å². The number of nitrogens with zero attached hydrogens (tertiary/aromatic N) is 1. The van der Waals surface area contributed by atoms with Crippen molar-refractivity contribution in [2.24, 2.45) is 0 Å². The van der Waals surface area contributed by atoms with E-state index in [1.165, 1.54) is 19.3 Å². The Morgan fingerprint density at radius 1 is 1.12 bits per heavy atom. The highest BCUT2D eigenvalue weighted by atomic mass is 16.5. The molecule has 0 amide bonds. The van der Waals surface area contributed by atoms with Crippen molar-refractivity contribution in [2.45, 2.75) is 57.8 Å². The number of carboxylic acid groups (broad SMARTS) is 1. The first-order valence-electron chi connectivity index (χ1n) is 6.40. The number of unbranched alkanes of at least 4 members (excludes halogenated alkanes) is 6. The molecule has 1 aromatic heterocycles. The first-order valence-corrected chi connectivity index (χ1v) is 6.40. The van der Waals surface area contributed by atoms with Crippen LogP contribution in [0.4, 0.5) is 0 Å². The molecular formula is C13H21NO3. The van der Waals surface area contributed by atoms with Crippen molar-refractivity contribution in [3.63, 3.8) is 0 Å². The first kappa shape index (κ1) is 13.7. The van der Waals surface area contributed by atoms with Crippen molar-refractivity contribution in [2.75, 3.05) is 0 Å². The molecule has 0 spiro atoms. The van der Waals surface area contributed by atoms with Crippen LogP contribution in [0.25, 0.3) is 0 Å². The minimum absolute atomic E-state index is 0.312. The Hall–Kier alpha value is -1.32.